The molecule has 0 aliphatic carbocycles. The molecule has 0 N–H and O–H groups in total. The Morgan fingerprint density at radius 2 is 1.74 bits per heavy atom. The number of benzene rings is 1. The van der Waals surface area contributed by atoms with Crippen LogP contribution in [-0.4, -0.2) is 31.3 Å². The third-order valence-corrected chi connectivity index (χ3v) is 7.68. The van der Waals surface area contributed by atoms with Gasteiger partial charge in [0.05, 0.1) is 17.1 Å². The zero-order chi connectivity index (χ0) is 16.4. The van der Waals surface area contributed by atoms with Crippen molar-refractivity contribution < 1.29 is 22.3 Å². The Labute approximate surface area is 136 Å². The number of hydrogen-bond acceptors (Lipinski definition) is 4. The Morgan fingerprint density at radius 1 is 1.13 bits per heavy atom. The third kappa shape index (κ3) is 3.57. The summed E-state index contributed by atoms with van der Waals surface area (Å²) in [6.07, 6.45) is 3.52. The third-order valence-electron chi connectivity index (χ3n) is 4.96. The van der Waals surface area contributed by atoms with Crippen LogP contribution in [0.3, 0.4) is 0 Å². The summed E-state index contributed by atoms with van der Waals surface area (Å²) in [6.45, 7) is 0.239. The van der Waals surface area contributed by atoms with Gasteiger partial charge in [-0.3, -0.25) is 4.79 Å². The molecule has 4 nitrogen and oxygen atoms in total. The zero-order valence-electron chi connectivity index (χ0n) is 12.9. The first-order valence-corrected chi connectivity index (χ1v) is 9.71. The minimum atomic E-state index is -3.02. The molecular weight excluding hydrogens is 319 g/mol. The summed E-state index contributed by atoms with van der Waals surface area (Å²) in [5.41, 5.74) is 0. The summed E-state index contributed by atoms with van der Waals surface area (Å²) >= 11 is 0. The number of ether oxygens (including phenoxy) is 1. The molecule has 23 heavy (non-hydrogen) atoms. The molecule has 2 aliphatic rings. The monoisotopic (exact) mass is 340 g/mol. The number of rotatable bonds is 5. The van der Waals surface area contributed by atoms with Crippen LogP contribution in [0.4, 0.5) is 4.39 Å². The summed E-state index contributed by atoms with van der Waals surface area (Å²) in [4.78, 5) is 12.3. The highest BCUT2D eigenvalue weighted by Crippen LogP contribution is 2.39. The first-order valence-electron chi connectivity index (χ1n) is 8.10. The van der Waals surface area contributed by atoms with Crippen LogP contribution in [-0.2, 0) is 14.6 Å². The average Bonchev–Trinajstić information content (AvgIpc) is 2.48. The van der Waals surface area contributed by atoms with Gasteiger partial charge in [0.2, 0.25) is 0 Å². The zero-order valence-corrected chi connectivity index (χ0v) is 13.7. The minimum absolute atomic E-state index is 0.0823. The summed E-state index contributed by atoms with van der Waals surface area (Å²) < 4.78 is 42.7. The quantitative estimate of drug-likeness (QED) is 0.827. The summed E-state index contributed by atoms with van der Waals surface area (Å²) in [6, 6.07) is 5.67. The van der Waals surface area contributed by atoms with Crippen molar-refractivity contribution in [2.45, 2.75) is 49.0 Å². The van der Waals surface area contributed by atoms with Crippen molar-refractivity contribution in [1.82, 2.24) is 0 Å². The predicted octanol–water partition coefficient (Wildman–Crippen LogP) is 2.91. The number of carbonyl (C=O) groups excluding carboxylic acids is 1. The largest absolute Gasteiger partial charge is 0.493 e. The molecule has 2 atom stereocenters. The van der Waals surface area contributed by atoms with Gasteiger partial charge in [0, 0.05) is 12.3 Å². The molecule has 0 radical (unpaired) electrons. The molecule has 1 aromatic rings. The van der Waals surface area contributed by atoms with E-state index >= 15 is 0 Å². The van der Waals surface area contributed by atoms with Gasteiger partial charge in [-0.1, -0.05) is 6.42 Å². The number of halogens is 1. The van der Waals surface area contributed by atoms with Crippen molar-refractivity contribution in [2.24, 2.45) is 5.92 Å². The maximum absolute atomic E-state index is 12.8. The summed E-state index contributed by atoms with van der Waals surface area (Å²) in [5, 5.41) is -0.663. The van der Waals surface area contributed by atoms with E-state index in [9.17, 15) is 17.6 Å². The van der Waals surface area contributed by atoms with Crippen molar-refractivity contribution in [3.63, 3.8) is 0 Å². The number of Topliss-reactive ketones (excluding diaryl/α,β-unsaturated/α-hetero) is 1. The van der Waals surface area contributed by atoms with E-state index in [1.807, 2.05) is 0 Å². The Balaban J connectivity index is 1.52. The molecule has 2 unspecified atom stereocenters. The van der Waals surface area contributed by atoms with Gasteiger partial charge in [-0.15, -0.1) is 0 Å². The Bertz CT molecular complexity index is 648. The van der Waals surface area contributed by atoms with Crippen molar-refractivity contribution in [2.75, 3.05) is 6.61 Å². The van der Waals surface area contributed by atoms with E-state index in [4.69, 9.17) is 4.74 Å². The summed E-state index contributed by atoms with van der Waals surface area (Å²) in [5.74, 6) is 0.121. The van der Waals surface area contributed by atoms with Crippen LogP contribution >= 0.6 is 0 Å². The highest BCUT2D eigenvalue weighted by atomic mass is 32.2. The van der Waals surface area contributed by atoms with Crippen LogP contribution in [0.1, 0.15) is 38.5 Å². The molecular formula is C17H21FO4S. The van der Waals surface area contributed by atoms with Gasteiger partial charge < -0.3 is 4.74 Å². The molecule has 2 fully saturated rings. The fraction of sp³-hybridized carbons (Fsp3) is 0.588. The topological polar surface area (TPSA) is 60.4 Å². The summed E-state index contributed by atoms with van der Waals surface area (Å²) in [7, 11) is -3.02. The lowest BCUT2D eigenvalue weighted by molar-refractivity contribution is -0.124. The number of hydrogen-bond donors (Lipinski definition) is 0. The van der Waals surface area contributed by atoms with Gasteiger partial charge >= 0.3 is 0 Å². The van der Waals surface area contributed by atoms with Crippen molar-refractivity contribution in [3.05, 3.63) is 30.1 Å². The molecule has 2 bridgehead atoms. The highest BCUT2D eigenvalue weighted by molar-refractivity contribution is 7.92. The lowest BCUT2D eigenvalue weighted by Crippen LogP contribution is -2.45. The van der Waals surface area contributed by atoms with Gasteiger partial charge in [0.1, 0.15) is 17.3 Å². The first-order chi connectivity index (χ1) is 11.0. The molecule has 0 saturated carbocycles. The van der Waals surface area contributed by atoms with E-state index in [0.717, 1.165) is 6.42 Å². The van der Waals surface area contributed by atoms with Gasteiger partial charge in [-0.2, -0.15) is 0 Å². The fourth-order valence-electron chi connectivity index (χ4n) is 3.68. The molecule has 3 rings (SSSR count). The Kier molecular flexibility index (Phi) is 4.71. The molecule has 2 saturated heterocycles. The molecule has 0 spiro atoms. The fourth-order valence-corrected chi connectivity index (χ4v) is 6.21. The van der Waals surface area contributed by atoms with Crippen molar-refractivity contribution >= 4 is 15.6 Å². The molecule has 0 aromatic heterocycles. The second-order valence-electron chi connectivity index (χ2n) is 6.45. The highest BCUT2D eigenvalue weighted by Gasteiger charge is 2.45. The van der Waals surface area contributed by atoms with E-state index in [1.165, 1.54) is 24.3 Å². The molecule has 126 valence electrons. The maximum Gasteiger partial charge on any atom is 0.156 e. The first kappa shape index (κ1) is 16.4. The van der Waals surface area contributed by atoms with Gasteiger partial charge in [0.25, 0.3) is 0 Å². The SMILES string of the molecule is O=C(CCOc1ccc(F)cc1)C1CC2CCCC(C1)S2(=O)=O. The van der Waals surface area contributed by atoms with Crippen molar-refractivity contribution in [1.29, 1.82) is 0 Å². The Hall–Kier alpha value is -1.43. The van der Waals surface area contributed by atoms with E-state index in [1.54, 1.807) is 0 Å². The second-order valence-corrected chi connectivity index (χ2v) is 8.96. The van der Waals surface area contributed by atoms with Crippen LogP contribution in [0.5, 0.6) is 5.75 Å². The van der Waals surface area contributed by atoms with E-state index in [-0.39, 0.29) is 41.0 Å². The standard InChI is InChI=1S/C17H21FO4S/c18-13-4-6-14(7-5-13)22-9-8-17(19)12-10-15-2-1-3-16(11-12)23(15,20)21/h4-7,12,15-16H,1-3,8-11H2. The smallest absolute Gasteiger partial charge is 0.156 e. The lowest BCUT2D eigenvalue weighted by atomic mass is 9.86. The van der Waals surface area contributed by atoms with Gasteiger partial charge in [-0.05, 0) is 49.9 Å². The molecule has 2 heterocycles. The van der Waals surface area contributed by atoms with E-state index < -0.39 is 9.84 Å². The van der Waals surface area contributed by atoms with Crippen LogP contribution in [0.2, 0.25) is 0 Å². The lowest BCUT2D eigenvalue weighted by Gasteiger charge is -2.38. The predicted molar refractivity (Wildman–Crippen MR) is 84.6 cm³/mol. The van der Waals surface area contributed by atoms with Gasteiger partial charge in [0.15, 0.2) is 9.84 Å². The van der Waals surface area contributed by atoms with Crippen LogP contribution in [0, 0.1) is 11.7 Å². The normalized spacial score (nSPS) is 29.0. The molecule has 0 amide bonds. The van der Waals surface area contributed by atoms with Crippen LogP contribution < -0.4 is 4.74 Å². The van der Waals surface area contributed by atoms with E-state index in [0.29, 0.717) is 31.4 Å². The number of fused-ring (bicyclic) bond motifs is 2. The molecule has 1 aromatic carbocycles. The second kappa shape index (κ2) is 6.59. The van der Waals surface area contributed by atoms with Gasteiger partial charge in [-0.25, -0.2) is 12.8 Å². The van der Waals surface area contributed by atoms with E-state index in [2.05, 4.69) is 0 Å². The Morgan fingerprint density at radius 3 is 2.35 bits per heavy atom. The number of sulfone groups is 1. The molecule has 6 heteroatoms. The average molecular weight is 340 g/mol. The molecule has 2 aliphatic heterocycles. The minimum Gasteiger partial charge on any atom is -0.493 e. The van der Waals surface area contributed by atoms with Crippen LogP contribution in [0.15, 0.2) is 24.3 Å². The number of ketones is 1. The maximum atomic E-state index is 12.8. The van der Waals surface area contributed by atoms with Crippen LogP contribution in [0.25, 0.3) is 0 Å². The number of carbonyl (C=O) groups is 1. The van der Waals surface area contributed by atoms with Crippen molar-refractivity contribution in [3.8, 4) is 5.75 Å².